The molecule has 0 spiro atoms. The van der Waals surface area contributed by atoms with E-state index >= 15 is 0 Å². The number of fused-ring (bicyclic) bond motifs is 1. The van der Waals surface area contributed by atoms with Crippen molar-refractivity contribution in [2.24, 2.45) is 0 Å². The molecule has 0 atom stereocenters. The van der Waals surface area contributed by atoms with Crippen LogP contribution in [-0.2, 0) is 6.18 Å². The summed E-state index contributed by atoms with van der Waals surface area (Å²) < 4.78 is 44.3. The van der Waals surface area contributed by atoms with Gasteiger partial charge in [0.05, 0.1) is 41.1 Å². The molecule has 1 amide bonds. The lowest BCUT2D eigenvalue weighted by Crippen LogP contribution is -2.17. The van der Waals surface area contributed by atoms with Crippen LogP contribution >= 0.6 is 0 Å². The summed E-state index contributed by atoms with van der Waals surface area (Å²) in [5, 5.41) is 14.5. The Balaban J connectivity index is 1.38. The largest absolute Gasteiger partial charge is 0.418 e. The van der Waals surface area contributed by atoms with E-state index in [1.165, 1.54) is 47.4 Å². The van der Waals surface area contributed by atoms with Crippen molar-refractivity contribution in [1.82, 2.24) is 34.2 Å². The molecule has 4 heterocycles. The Hall–Kier alpha value is -4.81. The van der Waals surface area contributed by atoms with Gasteiger partial charge in [-0.3, -0.25) is 14.0 Å². The third-order valence-corrected chi connectivity index (χ3v) is 6.04. The van der Waals surface area contributed by atoms with E-state index in [0.29, 0.717) is 17.0 Å². The van der Waals surface area contributed by atoms with Gasteiger partial charge in [0.2, 0.25) is 0 Å². The van der Waals surface area contributed by atoms with Crippen molar-refractivity contribution in [1.29, 1.82) is 0 Å². The van der Waals surface area contributed by atoms with Crippen molar-refractivity contribution in [3.63, 3.8) is 0 Å². The molecule has 1 N–H and O–H groups in total. The molecule has 186 valence electrons. The molecule has 1 aliphatic carbocycles. The zero-order valence-electron chi connectivity index (χ0n) is 18.9. The molecule has 13 heteroatoms. The average molecular weight is 506 g/mol. The van der Waals surface area contributed by atoms with Gasteiger partial charge in [-0.1, -0.05) is 0 Å². The van der Waals surface area contributed by atoms with Crippen LogP contribution in [-0.4, -0.2) is 40.1 Å². The standard InChI is InChI=1S/C24H17F3N8O2/c25-24(26,27)17-12-15(5-6-18(17)35-29-9-10-30-35)32-23(37)16-13-31-34(21(16)14-3-4-14)19-2-1-11-33-20(36)7-8-28-22(19)33/h1-2,5-14H,3-4H2,(H,32,37). The first-order valence-electron chi connectivity index (χ1n) is 11.3. The fourth-order valence-electron chi connectivity index (χ4n) is 4.24. The van der Waals surface area contributed by atoms with E-state index in [1.54, 1.807) is 23.0 Å². The number of rotatable bonds is 5. The van der Waals surface area contributed by atoms with E-state index in [2.05, 4.69) is 25.6 Å². The number of halogens is 3. The second-order valence-corrected chi connectivity index (χ2v) is 8.50. The Bertz CT molecular complexity index is 1700. The molecule has 1 aromatic carbocycles. The highest BCUT2D eigenvalue weighted by molar-refractivity contribution is 6.05. The van der Waals surface area contributed by atoms with Crippen molar-refractivity contribution >= 4 is 17.2 Å². The normalized spacial score (nSPS) is 13.7. The molecule has 1 aliphatic rings. The van der Waals surface area contributed by atoms with Gasteiger partial charge in [-0.2, -0.15) is 33.3 Å². The number of hydrogen-bond acceptors (Lipinski definition) is 6. The molecule has 1 saturated carbocycles. The van der Waals surface area contributed by atoms with Gasteiger partial charge in [-0.05, 0) is 43.2 Å². The van der Waals surface area contributed by atoms with Crippen LogP contribution in [0.4, 0.5) is 18.9 Å². The van der Waals surface area contributed by atoms with E-state index in [1.807, 2.05) is 0 Å². The molecule has 0 bridgehead atoms. The van der Waals surface area contributed by atoms with Gasteiger partial charge >= 0.3 is 6.18 Å². The van der Waals surface area contributed by atoms with Crippen LogP contribution in [0.5, 0.6) is 0 Å². The Morgan fingerprint density at radius 3 is 2.51 bits per heavy atom. The van der Waals surface area contributed by atoms with Crippen molar-refractivity contribution < 1.29 is 18.0 Å². The minimum absolute atomic E-state index is 0.0398. The smallest absolute Gasteiger partial charge is 0.322 e. The molecular weight excluding hydrogens is 489 g/mol. The van der Waals surface area contributed by atoms with Crippen LogP contribution in [0, 0.1) is 0 Å². The van der Waals surface area contributed by atoms with Crippen molar-refractivity contribution in [3.05, 3.63) is 94.6 Å². The molecule has 4 aromatic heterocycles. The zero-order chi connectivity index (χ0) is 25.7. The summed E-state index contributed by atoms with van der Waals surface area (Å²) in [6, 6.07) is 8.15. The maximum atomic E-state index is 13.8. The fourth-order valence-corrected chi connectivity index (χ4v) is 4.24. The van der Waals surface area contributed by atoms with Crippen LogP contribution < -0.4 is 10.9 Å². The minimum atomic E-state index is -4.70. The fraction of sp³-hybridized carbons (Fsp3) is 0.167. The lowest BCUT2D eigenvalue weighted by atomic mass is 10.1. The maximum absolute atomic E-state index is 13.8. The first-order valence-corrected chi connectivity index (χ1v) is 11.3. The summed E-state index contributed by atoms with van der Waals surface area (Å²) in [5.41, 5.74) is 0.153. The lowest BCUT2D eigenvalue weighted by Gasteiger charge is -2.15. The molecule has 0 saturated heterocycles. The summed E-state index contributed by atoms with van der Waals surface area (Å²) in [5.74, 6) is -0.561. The number of nitrogens with zero attached hydrogens (tertiary/aromatic N) is 7. The highest BCUT2D eigenvalue weighted by Gasteiger charge is 2.36. The molecule has 10 nitrogen and oxygen atoms in total. The van der Waals surface area contributed by atoms with Gasteiger partial charge in [-0.15, -0.1) is 0 Å². The summed E-state index contributed by atoms with van der Waals surface area (Å²) in [4.78, 5) is 30.7. The second kappa shape index (κ2) is 8.40. The molecule has 0 radical (unpaired) electrons. The van der Waals surface area contributed by atoms with Crippen LogP contribution in [0.15, 0.2) is 72.2 Å². The number of nitrogens with one attached hydrogen (secondary N) is 1. The highest BCUT2D eigenvalue weighted by atomic mass is 19.4. The number of pyridine rings is 1. The summed E-state index contributed by atoms with van der Waals surface area (Å²) >= 11 is 0. The molecule has 0 aliphatic heterocycles. The zero-order valence-corrected chi connectivity index (χ0v) is 18.9. The van der Waals surface area contributed by atoms with Crippen molar-refractivity contribution in [2.75, 3.05) is 5.32 Å². The lowest BCUT2D eigenvalue weighted by molar-refractivity contribution is -0.137. The molecule has 5 aromatic rings. The third kappa shape index (κ3) is 4.03. The SMILES string of the molecule is O=C(Nc1ccc(-n2nccn2)c(C(F)(F)F)c1)c1cnn(-c2cccn3c(=O)ccnc23)c1C1CC1. The van der Waals surface area contributed by atoms with Gasteiger partial charge in [0, 0.05) is 30.1 Å². The van der Waals surface area contributed by atoms with E-state index in [-0.39, 0.29) is 28.4 Å². The Morgan fingerprint density at radius 1 is 1.00 bits per heavy atom. The quantitative estimate of drug-likeness (QED) is 0.390. The number of alkyl halides is 3. The van der Waals surface area contributed by atoms with Crippen LogP contribution in [0.3, 0.4) is 0 Å². The van der Waals surface area contributed by atoms with Crippen molar-refractivity contribution in [2.45, 2.75) is 24.9 Å². The Kier molecular flexibility index (Phi) is 5.14. The average Bonchev–Trinajstić information content (AvgIpc) is 3.37. The number of anilines is 1. The molecule has 6 rings (SSSR count). The van der Waals surface area contributed by atoms with Crippen LogP contribution in [0.2, 0.25) is 0 Å². The molecular formula is C24H17F3N8O2. The number of aromatic nitrogens is 7. The van der Waals surface area contributed by atoms with Crippen molar-refractivity contribution in [3.8, 4) is 11.4 Å². The maximum Gasteiger partial charge on any atom is 0.418 e. The Labute approximate surface area is 206 Å². The first-order chi connectivity index (χ1) is 17.8. The summed E-state index contributed by atoms with van der Waals surface area (Å²) in [7, 11) is 0. The number of hydrogen-bond donors (Lipinski definition) is 1. The van der Waals surface area contributed by atoms with Gasteiger partial charge in [0.15, 0.2) is 5.65 Å². The van der Waals surface area contributed by atoms with Gasteiger partial charge in [0.25, 0.3) is 11.5 Å². The monoisotopic (exact) mass is 506 g/mol. The number of carbonyl (C=O) groups excluding carboxylic acids is 1. The number of carbonyl (C=O) groups is 1. The topological polar surface area (TPSA) is 112 Å². The molecule has 1 fully saturated rings. The second-order valence-electron chi connectivity index (χ2n) is 8.50. The van der Waals surface area contributed by atoms with Crippen LogP contribution in [0.25, 0.3) is 17.0 Å². The predicted molar refractivity (Wildman–Crippen MR) is 125 cm³/mol. The van der Waals surface area contributed by atoms with E-state index < -0.39 is 17.6 Å². The van der Waals surface area contributed by atoms with Crippen LogP contribution in [0.1, 0.15) is 40.4 Å². The van der Waals surface area contributed by atoms with E-state index in [4.69, 9.17) is 0 Å². The van der Waals surface area contributed by atoms with Gasteiger partial charge in [0.1, 0.15) is 5.69 Å². The van der Waals surface area contributed by atoms with Gasteiger partial charge in [-0.25, -0.2) is 9.67 Å². The predicted octanol–water partition coefficient (Wildman–Crippen LogP) is 3.61. The molecule has 37 heavy (non-hydrogen) atoms. The summed E-state index contributed by atoms with van der Waals surface area (Å²) in [6.45, 7) is 0. The number of amides is 1. The highest BCUT2D eigenvalue weighted by Crippen LogP contribution is 2.43. The molecule has 0 unspecified atom stereocenters. The number of benzene rings is 1. The Morgan fingerprint density at radius 2 is 1.78 bits per heavy atom. The minimum Gasteiger partial charge on any atom is -0.322 e. The van der Waals surface area contributed by atoms with E-state index in [0.717, 1.165) is 23.7 Å². The third-order valence-electron chi connectivity index (χ3n) is 6.04. The first kappa shape index (κ1) is 22.6. The van der Waals surface area contributed by atoms with Gasteiger partial charge < -0.3 is 5.32 Å². The van der Waals surface area contributed by atoms with E-state index in [9.17, 15) is 22.8 Å². The summed E-state index contributed by atoms with van der Waals surface area (Å²) in [6.07, 6.45) is 3.86.